The van der Waals surface area contributed by atoms with Gasteiger partial charge in [0.1, 0.15) is 0 Å². The van der Waals surface area contributed by atoms with E-state index in [9.17, 15) is 0 Å². The van der Waals surface area contributed by atoms with Gasteiger partial charge < -0.3 is 5.73 Å². The highest BCUT2D eigenvalue weighted by molar-refractivity contribution is 8.00. The lowest BCUT2D eigenvalue weighted by molar-refractivity contribution is 0.211. The molecule has 0 aliphatic carbocycles. The Balaban J connectivity index is 2.10. The van der Waals surface area contributed by atoms with E-state index in [2.05, 4.69) is 61.0 Å². The van der Waals surface area contributed by atoms with Crippen molar-refractivity contribution in [1.82, 2.24) is 4.90 Å². The first kappa shape index (κ1) is 16.2. The maximum Gasteiger partial charge on any atom is 0.0470 e. The van der Waals surface area contributed by atoms with Crippen LogP contribution in [-0.2, 0) is 0 Å². The molecule has 112 valence electrons. The van der Waals surface area contributed by atoms with Crippen LogP contribution in [-0.4, -0.2) is 41.3 Å². The molecule has 1 fully saturated rings. The summed E-state index contributed by atoms with van der Waals surface area (Å²) in [7, 11) is 0. The van der Waals surface area contributed by atoms with Gasteiger partial charge in [-0.3, -0.25) is 4.90 Å². The van der Waals surface area contributed by atoms with Gasteiger partial charge in [-0.05, 0) is 30.4 Å². The van der Waals surface area contributed by atoms with E-state index in [0.29, 0.717) is 17.3 Å². The van der Waals surface area contributed by atoms with E-state index >= 15 is 0 Å². The summed E-state index contributed by atoms with van der Waals surface area (Å²) in [5, 5.41) is 0. The third-order valence-corrected chi connectivity index (χ3v) is 6.15. The fraction of sp³-hybridized carbons (Fsp3) is 0.625. The molecule has 1 aromatic carbocycles. The molecule has 2 N–H and O–H groups in total. The summed E-state index contributed by atoms with van der Waals surface area (Å²) in [6, 6.07) is 9.26. The van der Waals surface area contributed by atoms with Crippen molar-refractivity contribution in [3.63, 3.8) is 0 Å². The number of nitrogens with zero attached hydrogens (tertiary/aromatic N) is 1. The van der Waals surface area contributed by atoms with E-state index in [0.717, 1.165) is 13.1 Å². The lowest BCUT2D eigenvalue weighted by Gasteiger charge is -2.30. The highest BCUT2D eigenvalue weighted by atomic mass is 32.2. The molecular formula is C16H26N2S2. The van der Waals surface area contributed by atoms with Crippen molar-refractivity contribution in [2.75, 3.05) is 31.6 Å². The van der Waals surface area contributed by atoms with Crippen LogP contribution in [0.2, 0.25) is 0 Å². The van der Waals surface area contributed by atoms with Crippen molar-refractivity contribution in [2.24, 2.45) is 5.73 Å². The van der Waals surface area contributed by atoms with Crippen LogP contribution in [0.4, 0.5) is 0 Å². The maximum atomic E-state index is 6.07. The summed E-state index contributed by atoms with van der Waals surface area (Å²) in [4.78, 5) is 3.88. The second-order valence-electron chi connectivity index (χ2n) is 5.92. The summed E-state index contributed by atoms with van der Waals surface area (Å²) >= 11 is 3.88. The van der Waals surface area contributed by atoms with Crippen molar-refractivity contribution in [3.8, 4) is 0 Å². The molecule has 0 saturated carbocycles. The van der Waals surface area contributed by atoms with Crippen LogP contribution in [0.5, 0.6) is 0 Å². The number of rotatable bonds is 4. The first-order chi connectivity index (χ1) is 9.55. The van der Waals surface area contributed by atoms with Crippen molar-refractivity contribution < 1.29 is 0 Å². The minimum Gasteiger partial charge on any atom is -0.329 e. The predicted octanol–water partition coefficient (Wildman–Crippen LogP) is 3.63. The van der Waals surface area contributed by atoms with Gasteiger partial charge in [-0.2, -0.15) is 11.8 Å². The zero-order valence-corrected chi connectivity index (χ0v) is 14.4. The highest BCUT2D eigenvalue weighted by Crippen LogP contribution is 2.33. The fourth-order valence-corrected chi connectivity index (χ4v) is 4.19. The number of nitrogens with two attached hydrogens (primary N) is 1. The monoisotopic (exact) mass is 310 g/mol. The molecule has 0 bridgehead atoms. The summed E-state index contributed by atoms with van der Waals surface area (Å²) in [6.45, 7) is 7.69. The smallest absolute Gasteiger partial charge is 0.0470 e. The minimum atomic E-state index is 0.361. The van der Waals surface area contributed by atoms with E-state index in [1.54, 1.807) is 11.8 Å². The molecule has 0 amide bonds. The molecule has 0 spiro atoms. The van der Waals surface area contributed by atoms with Crippen LogP contribution in [0.1, 0.15) is 31.9 Å². The third-order valence-electron chi connectivity index (χ3n) is 4.04. The molecule has 2 rings (SSSR count). The van der Waals surface area contributed by atoms with Gasteiger partial charge >= 0.3 is 0 Å². The molecule has 0 radical (unpaired) electrons. The molecule has 1 aliphatic heterocycles. The standard InChI is InChI=1S/C16H26N2S2/c1-16(2)8-9-18(10-11-20-16)15(12-17)13-4-6-14(19-3)7-5-13/h4-7,15H,8-12,17H2,1-3H3. The molecule has 2 nitrogen and oxygen atoms in total. The van der Waals surface area contributed by atoms with Crippen LogP contribution in [0.15, 0.2) is 29.2 Å². The van der Waals surface area contributed by atoms with Crippen LogP contribution >= 0.6 is 23.5 Å². The molecule has 1 atom stereocenters. The Morgan fingerprint density at radius 1 is 1.30 bits per heavy atom. The maximum absolute atomic E-state index is 6.07. The Morgan fingerprint density at radius 3 is 2.60 bits per heavy atom. The molecule has 4 heteroatoms. The number of hydrogen-bond acceptors (Lipinski definition) is 4. The van der Waals surface area contributed by atoms with Crippen LogP contribution < -0.4 is 5.73 Å². The van der Waals surface area contributed by atoms with Gasteiger partial charge in [0.2, 0.25) is 0 Å². The number of benzene rings is 1. The van der Waals surface area contributed by atoms with Crippen molar-refractivity contribution in [1.29, 1.82) is 0 Å². The van der Waals surface area contributed by atoms with E-state index in [1.807, 2.05) is 0 Å². The highest BCUT2D eigenvalue weighted by Gasteiger charge is 2.27. The van der Waals surface area contributed by atoms with E-state index in [1.165, 1.54) is 22.6 Å². The Hall–Kier alpha value is -0.160. The van der Waals surface area contributed by atoms with Gasteiger partial charge in [-0.1, -0.05) is 26.0 Å². The number of hydrogen-bond donors (Lipinski definition) is 1. The summed E-state index contributed by atoms with van der Waals surface area (Å²) in [5.41, 5.74) is 7.43. The zero-order chi connectivity index (χ0) is 14.6. The Bertz CT molecular complexity index is 417. The van der Waals surface area contributed by atoms with Gasteiger partial charge in [-0.15, -0.1) is 11.8 Å². The summed E-state index contributed by atoms with van der Waals surface area (Å²) < 4.78 is 0.399. The Labute approximate surface area is 131 Å². The molecule has 1 saturated heterocycles. The third kappa shape index (κ3) is 4.17. The van der Waals surface area contributed by atoms with Gasteiger partial charge in [0.05, 0.1) is 0 Å². The molecule has 1 aromatic rings. The Kier molecular flexibility index (Phi) is 5.84. The lowest BCUT2D eigenvalue weighted by atomic mass is 10.0. The van der Waals surface area contributed by atoms with Gasteiger partial charge in [0, 0.05) is 41.1 Å². The first-order valence-electron chi connectivity index (χ1n) is 7.28. The second kappa shape index (κ2) is 7.21. The van der Waals surface area contributed by atoms with Gasteiger partial charge in [0.15, 0.2) is 0 Å². The fourth-order valence-electron chi connectivity index (χ4n) is 2.67. The number of thioether (sulfide) groups is 2. The van der Waals surface area contributed by atoms with Crippen LogP contribution in [0.25, 0.3) is 0 Å². The van der Waals surface area contributed by atoms with E-state index in [4.69, 9.17) is 5.73 Å². The predicted molar refractivity (Wildman–Crippen MR) is 92.7 cm³/mol. The molecule has 1 aliphatic rings. The van der Waals surface area contributed by atoms with Crippen molar-refractivity contribution in [2.45, 2.75) is 36.0 Å². The summed E-state index contributed by atoms with van der Waals surface area (Å²) in [5.74, 6) is 1.20. The van der Waals surface area contributed by atoms with Crippen LogP contribution in [0, 0.1) is 0 Å². The van der Waals surface area contributed by atoms with Gasteiger partial charge in [0.25, 0.3) is 0 Å². The molecule has 1 heterocycles. The average Bonchev–Trinajstić information content (AvgIpc) is 2.62. The first-order valence-corrected chi connectivity index (χ1v) is 9.49. The molecule has 0 aromatic heterocycles. The minimum absolute atomic E-state index is 0.361. The largest absolute Gasteiger partial charge is 0.329 e. The topological polar surface area (TPSA) is 29.3 Å². The molecule has 1 unspecified atom stereocenters. The van der Waals surface area contributed by atoms with E-state index < -0.39 is 0 Å². The molecule has 20 heavy (non-hydrogen) atoms. The zero-order valence-electron chi connectivity index (χ0n) is 12.8. The van der Waals surface area contributed by atoms with Crippen molar-refractivity contribution >= 4 is 23.5 Å². The van der Waals surface area contributed by atoms with Crippen LogP contribution in [0.3, 0.4) is 0 Å². The normalized spacial score (nSPS) is 21.4. The SMILES string of the molecule is CSc1ccc(C(CN)N2CCSC(C)(C)CC2)cc1. The lowest BCUT2D eigenvalue weighted by Crippen LogP contribution is -2.35. The van der Waals surface area contributed by atoms with Gasteiger partial charge in [-0.25, -0.2) is 0 Å². The quantitative estimate of drug-likeness (QED) is 0.860. The summed E-state index contributed by atoms with van der Waals surface area (Å²) in [6.07, 6.45) is 3.35. The van der Waals surface area contributed by atoms with E-state index in [-0.39, 0.29) is 0 Å². The van der Waals surface area contributed by atoms with Crippen molar-refractivity contribution in [3.05, 3.63) is 29.8 Å². The molecular weight excluding hydrogens is 284 g/mol. The second-order valence-corrected chi connectivity index (χ2v) is 8.60. The average molecular weight is 311 g/mol. The Morgan fingerprint density at radius 2 is 2.00 bits per heavy atom.